The predicted molar refractivity (Wildman–Crippen MR) is 70.9 cm³/mol. The normalized spacial score (nSPS) is 15.6. The first kappa shape index (κ1) is 14.6. The predicted octanol–water partition coefficient (Wildman–Crippen LogP) is 3.59. The lowest BCUT2D eigenvalue weighted by Crippen LogP contribution is -2.34. The fraction of sp³-hybridized carbons (Fsp3) is 0.500. The summed E-state index contributed by atoms with van der Waals surface area (Å²) in [4.78, 5) is 0. The Hall–Kier alpha value is -0.450. The molecule has 1 rings (SSSR count). The molecule has 0 radical (unpaired) electrons. The zero-order chi connectivity index (χ0) is 13.2. The Morgan fingerprint density at radius 3 is 2.47 bits per heavy atom. The van der Waals surface area contributed by atoms with Gasteiger partial charge in [0.15, 0.2) is 0 Å². The van der Waals surface area contributed by atoms with Crippen LogP contribution in [0.2, 0.25) is 5.02 Å². The van der Waals surface area contributed by atoms with Crippen molar-refractivity contribution < 1.29 is 8.60 Å². The number of rotatable bonds is 3. The second-order valence-electron chi connectivity index (χ2n) is 4.89. The number of benzene rings is 1. The summed E-state index contributed by atoms with van der Waals surface area (Å²) in [6, 6.07) is 4.40. The van der Waals surface area contributed by atoms with E-state index in [2.05, 4.69) is 4.72 Å². The van der Waals surface area contributed by atoms with E-state index in [0.29, 0.717) is 0 Å². The number of hydrogen-bond acceptors (Lipinski definition) is 1. The molecular weight excluding hydrogens is 261 g/mol. The first-order valence-corrected chi connectivity index (χ1v) is 6.87. The van der Waals surface area contributed by atoms with E-state index in [1.165, 1.54) is 12.1 Å². The molecule has 0 aliphatic heterocycles. The van der Waals surface area contributed by atoms with Crippen LogP contribution in [0.25, 0.3) is 0 Å². The summed E-state index contributed by atoms with van der Waals surface area (Å²) in [5, 5.41) is 0.0953. The van der Waals surface area contributed by atoms with Gasteiger partial charge in [0.25, 0.3) is 0 Å². The third kappa shape index (κ3) is 4.05. The van der Waals surface area contributed by atoms with Crippen molar-refractivity contribution >= 4 is 22.6 Å². The van der Waals surface area contributed by atoms with Gasteiger partial charge in [-0.1, -0.05) is 17.7 Å². The quantitative estimate of drug-likeness (QED) is 0.899. The maximum absolute atomic E-state index is 13.3. The highest BCUT2D eigenvalue weighted by atomic mass is 35.5. The molecule has 0 heterocycles. The molecule has 1 aromatic rings. The van der Waals surface area contributed by atoms with Crippen molar-refractivity contribution in [3.8, 4) is 0 Å². The van der Waals surface area contributed by atoms with E-state index in [0.717, 1.165) is 5.56 Å². The summed E-state index contributed by atoms with van der Waals surface area (Å²) in [5.41, 5.74) is 0.726. The van der Waals surface area contributed by atoms with Gasteiger partial charge in [-0.2, -0.15) is 0 Å². The average Bonchev–Trinajstić information content (AvgIpc) is 2.20. The lowest BCUT2D eigenvalue weighted by atomic mass is 10.1. The smallest absolute Gasteiger partial charge is 0.142 e. The van der Waals surface area contributed by atoms with Crippen LogP contribution in [0.1, 0.15) is 39.3 Å². The zero-order valence-electron chi connectivity index (χ0n) is 10.4. The van der Waals surface area contributed by atoms with Gasteiger partial charge in [-0.25, -0.2) is 13.3 Å². The van der Waals surface area contributed by atoms with E-state index >= 15 is 0 Å². The lowest BCUT2D eigenvalue weighted by molar-refractivity contribution is 0.605. The van der Waals surface area contributed by atoms with E-state index in [9.17, 15) is 8.60 Å². The Morgan fingerprint density at radius 2 is 2.00 bits per heavy atom. The van der Waals surface area contributed by atoms with Crippen LogP contribution in [0, 0.1) is 5.82 Å². The van der Waals surface area contributed by atoms with Crippen LogP contribution in [-0.2, 0) is 11.0 Å². The van der Waals surface area contributed by atoms with Gasteiger partial charge in [-0.05, 0) is 45.4 Å². The van der Waals surface area contributed by atoms with E-state index in [1.54, 1.807) is 6.07 Å². The van der Waals surface area contributed by atoms with Crippen molar-refractivity contribution in [3.63, 3.8) is 0 Å². The standard InChI is InChI=1S/C12H17ClFNOS/c1-8(15-17(16)12(2,3)4)9-5-6-10(13)11(14)7-9/h5-8,15H,1-4H3/t8-,17?/m0/s1. The van der Waals surface area contributed by atoms with Crippen LogP contribution in [0.3, 0.4) is 0 Å². The maximum Gasteiger partial charge on any atom is 0.142 e. The number of hydrogen-bond donors (Lipinski definition) is 1. The third-order valence-corrected chi connectivity index (χ3v) is 4.27. The Labute approximate surface area is 109 Å². The summed E-state index contributed by atoms with van der Waals surface area (Å²) in [7, 11) is -1.19. The number of nitrogens with one attached hydrogen (secondary N) is 1. The van der Waals surface area contributed by atoms with Crippen LogP contribution < -0.4 is 4.72 Å². The molecule has 0 fully saturated rings. The van der Waals surface area contributed by atoms with Gasteiger partial charge in [-0.3, -0.25) is 0 Å². The Balaban J connectivity index is 2.80. The Kier molecular flexibility index (Phi) is 4.69. The van der Waals surface area contributed by atoms with Gasteiger partial charge >= 0.3 is 0 Å². The van der Waals surface area contributed by atoms with Crippen LogP contribution >= 0.6 is 11.6 Å². The van der Waals surface area contributed by atoms with Gasteiger partial charge < -0.3 is 0 Å². The van der Waals surface area contributed by atoms with E-state index < -0.39 is 16.8 Å². The molecule has 2 atom stereocenters. The van der Waals surface area contributed by atoms with Crippen molar-refractivity contribution in [2.45, 2.75) is 38.5 Å². The van der Waals surface area contributed by atoms with E-state index in [-0.39, 0.29) is 15.8 Å². The topological polar surface area (TPSA) is 29.1 Å². The highest BCUT2D eigenvalue weighted by molar-refractivity contribution is 7.84. The van der Waals surface area contributed by atoms with Gasteiger partial charge in [0.05, 0.1) is 20.8 Å². The van der Waals surface area contributed by atoms with Gasteiger partial charge in [0.1, 0.15) is 5.82 Å². The molecule has 0 bridgehead atoms. The SMILES string of the molecule is C[C@H](NS(=O)C(C)(C)C)c1ccc(Cl)c(F)c1. The second-order valence-corrected chi connectivity index (χ2v) is 7.30. The van der Waals surface area contributed by atoms with Crippen molar-refractivity contribution in [1.29, 1.82) is 0 Å². The summed E-state index contributed by atoms with van der Waals surface area (Å²) in [6.07, 6.45) is 0. The summed E-state index contributed by atoms with van der Waals surface area (Å²) in [5.74, 6) is -0.459. The highest BCUT2D eigenvalue weighted by Gasteiger charge is 2.21. The molecule has 0 amide bonds. The summed E-state index contributed by atoms with van der Waals surface area (Å²) >= 11 is 5.61. The minimum Gasteiger partial charge on any atom is -0.242 e. The summed E-state index contributed by atoms with van der Waals surface area (Å²) < 4.78 is 27.8. The first-order valence-electron chi connectivity index (χ1n) is 5.35. The molecule has 0 aliphatic rings. The molecule has 1 N–H and O–H groups in total. The molecular formula is C12H17ClFNOS. The number of halogens is 2. The van der Waals surface area contributed by atoms with Crippen molar-refractivity contribution in [2.75, 3.05) is 0 Å². The van der Waals surface area contributed by atoms with Gasteiger partial charge in [-0.15, -0.1) is 0 Å². The Bertz CT molecular complexity index is 431. The molecule has 1 unspecified atom stereocenters. The average molecular weight is 278 g/mol. The maximum atomic E-state index is 13.3. The van der Waals surface area contributed by atoms with Crippen LogP contribution in [0.15, 0.2) is 18.2 Å². The molecule has 0 aromatic heterocycles. The van der Waals surface area contributed by atoms with E-state index in [1.807, 2.05) is 27.7 Å². The van der Waals surface area contributed by atoms with Crippen LogP contribution in [-0.4, -0.2) is 8.96 Å². The molecule has 5 heteroatoms. The van der Waals surface area contributed by atoms with Crippen molar-refractivity contribution in [2.24, 2.45) is 0 Å². The molecule has 0 saturated heterocycles. The van der Waals surface area contributed by atoms with Crippen molar-refractivity contribution in [3.05, 3.63) is 34.6 Å². The monoisotopic (exact) mass is 277 g/mol. The zero-order valence-corrected chi connectivity index (χ0v) is 12.0. The lowest BCUT2D eigenvalue weighted by Gasteiger charge is -2.22. The molecule has 0 aliphatic carbocycles. The fourth-order valence-corrected chi connectivity index (χ4v) is 2.12. The largest absolute Gasteiger partial charge is 0.242 e. The van der Waals surface area contributed by atoms with E-state index in [4.69, 9.17) is 11.6 Å². The molecule has 96 valence electrons. The first-order chi connectivity index (χ1) is 7.71. The van der Waals surface area contributed by atoms with Gasteiger partial charge in [0, 0.05) is 6.04 Å². The molecule has 17 heavy (non-hydrogen) atoms. The van der Waals surface area contributed by atoms with Crippen LogP contribution in [0.5, 0.6) is 0 Å². The summed E-state index contributed by atoms with van der Waals surface area (Å²) in [6.45, 7) is 7.48. The molecule has 2 nitrogen and oxygen atoms in total. The second kappa shape index (κ2) is 5.46. The minimum atomic E-state index is -1.19. The minimum absolute atomic E-state index is 0.0953. The highest BCUT2D eigenvalue weighted by Crippen LogP contribution is 2.21. The third-order valence-electron chi connectivity index (χ3n) is 2.28. The van der Waals surface area contributed by atoms with Gasteiger partial charge in [0.2, 0.25) is 0 Å². The van der Waals surface area contributed by atoms with Crippen molar-refractivity contribution in [1.82, 2.24) is 4.72 Å². The van der Waals surface area contributed by atoms with Crippen LogP contribution in [0.4, 0.5) is 4.39 Å². The molecule has 1 aromatic carbocycles. The molecule has 0 saturated carbocycles. The Morgan fingerprint density at radius 1 is 1.41 bits per heavy atom. The fourth-order valence-electron chi connectivity index (χ4n) is 1.19. The molecule has 0 spiro atoms.